The summed E-state index contributed by atoms with van der Waals surface area (Å²) in [7, 11) is 1.73. The third-order valence-electron chi connectivity index (χ3n) is 6.53. The fraction of sp³-hybridized carbons (Fsp3) is 0.810. The van der Waals surface area contributed by atoms with E-state index in [1.807, 2.05) is 13.8 Å². The quantitative estimate of drug-likeness (QED) is 0.332. The summed E-state index contributed by atoms with van der Waals surface area (Å²) in [5, 5.41) is 3.44. The number of nitrogens with zero attached hydrogens (tertiary/aromatic N) is 5. The number of hydrogen-bond donors (Lipinski definition) is 1. The van der Waals surface area contributed by atoms with Crippen molar-refractivity contribution in [2.24, 2.45) is 10.9 Å². The van der Waals surface area contributed by atoms with Crippen LogP contribution in [0.2, 0.25) is 0 Å². The molecule has 2 fully saturated rings. The molecule has 1 unspecified atom stereocenters. The minimum atomic E-state index is -4.18. The lowest BCUT2D eigenvalue weighted by Crippen LogP contribution is -2.57. The number of alkyl halides is 3. The van der Waals surface area contributed by atoms with E-state index >= 15 is 0 Å². The first-order chi connectivity index (χ1) is 14.7. The number of aromatic nitrogens is 1. The molecule has 1 aromatic rings. The molecule has 1 N–H and O–H groups in total. The monoisotopic (exact) mass is 572 g/mol. The van der Waals surface area contributed by atoms with Crippen LogP contribution in [0.5, 0.6) is 0 Å². The molecule has 11 heteroatoms. The van der Waals surface area contributed by atoms with Gasteiger partial charge < -0.3 is 14.6 Å². The summed E-state index contributed by atoms with van der Waals surface area (Å²) < 4.78 is 44.5. The maximum absolute atomic E-state index is 12.9. The van der Waals surface area contributed by atoms with E-state index in [4.69, 9.17) is 4.42 Å². The molecule has 0 saturated carbocycles. The normalized spacial score (nSPS) is 20.8. The molecule has 184 valence electrons. The Morgan fingerprint density at radius 1 is 1.16 bits per heavy atom. The van der Waals surface area contributed by atoms with E-state index in [2.05, 4.69) is 25.1 Å². The number of oxazole rings is 1. The molecule has 2 aliphatic rings. The minimum absolute atomic E-state index is 0. The number of hydrogen-bond acceptors (Lipinski definition) is 5. The molecule has 7 nitrogen and oxygen atoms in total. The van der Waals surface area contributed by atoms with E-state index in [0.717, 1.165) is 62.3 Å². The Morgan fingerprint density at radius 2 is 1.78 bits per heavy atom. The number of nitrogens with one attached hydrogen (secondary N) is 1. The molecule has 0 spiro atoms. The van der Waals surface area contributed by atoms with Crippen LogP contribution >= 0.6 is 24.0 Å². The Morgan fingerprint density at radius 3 is 2.28 bits per heavy atom. The van der Waals surface area contributed by atoms with Crippen molar-refractivity contribution in [3.8, 4) is 0 Å². The van der Waals surface area contributed by atoms with Gasteiger partial charge in [0.2, 0.25) is 5.89 Å². The second-order valence-corrected chi connectivity index (χ2v) is 8.64. The average molecular weight is 572 g/mol. The molecular formula is C21H36F3IN6O. The van der Waals surface area contributed by atoms with Gasteiger partial charge in [0.25, 0.3) is 0 Å². The zero-order chi connectivity index (χ0) is 22.6. The molecule has 0 bridgehead atoms. The van der Waals surface area contributed by atoms with Gasteiger partial charge in [-0.15, -0.1) is 24.0 Å². The van der Waals surface area contributed by atoms with Gasteiger partial charge >= 0.3 is 6.18 Å². The van der Waals surface area contributed by atoms with Crippen LogP contribution in [0.1, 0.15) is 37.1 Å². The van der Waals surface area contributed by atoms with Crippen molar-refractivity contribution in [3.05, 3.63) is 17.3 Å². The third-order valence-corrected chi connectivity index (χ3v) is 6.53. The molecule has 3 rings (SSSR count). The van der Waals surface area contributed by atoms with Crippen LogP contribution in [0.4, 0.5) is 13.2 Å². The van der Waals surface area contributed by atoms with Crippen LogP contribution in [-0.4, -0.2) is 90.7 Å². The summed E-state index contributed by atoms with van der Waals surface area (Å²) in [6, 6.07) is -1.40. The number of aliphatic imine (C=N–C) groups is 1. The van der Waals surface area contributed by atoms with Gasteiger partial charge in [-0.1, -0.05) is 0 Å². The molecule has 3 heterocycles. The van der Waals surface area contributed by atoms with Crippen molar-refractivity contribution in [3.63, 3.8) is 0 Å². The zero-order valence-corrected chi connectivity index (χ0v) is 21.7. The first-order valence-corrected chi connectivity index (χ1v) is 11.1. The highest BCUT2D eigenvalue weighted by Gasteiger charge is 2.41. The number of rotatable bonds is 5. The molecular weight excluding hydrogens is 536 g/mol. The number of likely N-dealkylation sites (tertiary alicyclic amines) is 1. The summed E-state index contributed by atoms with van der Waals surface area (Å²) in [5.74, 6) is 3.00. The van der Waals surface area contributed by atoms with Gasteiger partial charge in [-0.3, -0.25) is 14.8 Å². The highest BCUT2D eigenvalue weighted by atomic mass is 127. The van der Waals surface area contributed by atoms with E-state index in [0.29, 0.717) is 32.1 Å². The Kier molecular flexibility index (Phi) is 10.1. The smallest absolute Gasteiger partial charge is 0.403 e. The third kappa shape index (κ3) is 7.21. The SMILES string of the molecule is CN=C(NCC1CCN(Cc2nc(C)c(C)o2)CC1)N1CCN(C(C)C(F)(F)F)CC1.I. The van der Waals surface area contributed by atoms with Crippen molar-refractivity contribution in [2.45, 2.75) is 52.4 Å². The molecule has 2 aliphatic heterocycles. The zero-order valence-electron chi connectivity index (χ0n) is 19.4. The molecule has 0 amide bonds. The summed E-state index contributed by atoms with van der Waals surface area (Å²) >= 11 is 0. The molecule has 2 saturated heterocycles. The van der Waals surface area contributed by atoms with Gasteiger partial charge in [-0.05, 0) is 52.6 Å². The number of halogens is 4. The van der Waals surface area contributed by atoms with Gasteiger partial charge in [-0.2, -0.15) is 13.2 Å². The number of piperazine rings is 1. The van der Waals surface area contributed by atoms with Crippen LogP contribution in [0.3, 0.4) is 0 Å². The van der Waals surface area contributed by atoms with Gasteiger partial charge in [0.05, 0.1) is 12.2 Å². The number of guanidine groups is 1. The molecule has 0 radical (unpaired) electrons. The molecule has 1 aromatic heterocycles. The Bertz CT molecular complexity index is 721. The minimum Gasteiger partial charge on any atom is -0.444 e. The topological polar surface area (TPSA) is 60.1 Å². The van der Waals surface area contributed by atoms with Gasteiger partial charge in [0.15, 0.2) is 5.96 Å². The van der Waals surface area contributed by atoms with E-state index in [-0.39, 0.29) is 24.0 Å². The van der Waals surface area contributed by atoms with Crippen molar-refractivity contribution in [2.75, 3.05) is 52.9 Å². The van der Waals surface area contributed by atoms with E-state index in [1.54, 1.807) is 7.05 Å². The van der Waals surface area contributed by atoms with E-state index in [9.17, 15) is 13.2 Å². The lowest BCUT2D eigenvalue weighted by atomic mass is 9.97. The standard InChI is InChI=1S/C21H35F3N6O.HI/c1-15-16(2)31-19(27-15)14-28-7-5-18(6-8-28)13-26-20(25-4)30-11-9-29(10-12-30)17(3)21(22,23)24;/h17-18H,5-14H2,1-4H3,(H,25,26);1H. The van der Waals surface area contributed by atoms with Crippen molar-refractivity contribution in [1.29, 1.82) is 0 Å². The molecule has 1 atom stereocenters. The number of aryl methyl sites for hydroxylation is 2. The molecule has 0 aromatic carbocycles. The predicted octanol–water partition coefficient (Wildman–Crippen LogP) is 3.27. The highest BCUT2D eigenvalue weighted by molar-refractivity contribution is 14.0. The van der Waals surface area contributed by atoms with Crippen LogP contribution < -0.4 is 5.32 Å². The first-order valence-electron chi connectivity index (χ1n) is 11.1. The number of piperidine rings is 1. The summed E-state index contributed by atoms with van der Waals surface area (Å²) in [4.78, 5) is 14.7. The summed E-state index contributed by atoms with van der Waals surface area (Å²) in [5.41, 5.74) is 0.953. The van der Waals surface area contributed by atoms with Crippen molar-refractivity contribution < 1.29 is 17.6 Å². The summed E-state index contributed by atoms with van der Waals surface area (Å²) in [6.07, 6.45) is -2.01. The Labute approximate surface area is 205 Å². The fourth-order valence-corrected chi connectivity index (χ4v) is 4.24. The van der Waals surface area contributed by atoms with Crippen LogP contribution in [-0.2, 0) is 6.54 Å². The molecule has 0 aliphatic carbocycles. The second kappa shape index (κ2) is 11.9. The highest BCUT2D eigenvalue weighted by Crippen LogP contribution is 2.25. The van der Waals surface area contributed by atoms with E-state index < -0.39 is 12.2 Å². The maximum Gasteiger partial charge on any atom is 0.403 e. The van der Waals surface area contributed by atoms with E-state index in [1.165, 1.54) is 11.8 Å². The lowest BCUT2D eigenvalue weighted by Gasteiger charge is -2.40. The second-order valence-electron chi connectivity index (χ2n) is 8.64. The predicted molar refractivity (Wildman–Crippen MR) is 129 cm³/mol. The van der Waals surface area contributed by atoms with Crippen LogP contribution in [0, 0.1) is 19.8 Å². The Hall–Kier alpha value is -1.08. The average Bonchev–Trinajstić information content (AvgIpc) is 3.05. The summed E-state index contributed by atoms with van der Waals surface area (Å²) in [6.45, 7) is 10.6. The fourth-order valence-electron chi connectivity index (χ4n) is 4.24. The first kappa shape index (κ1) is 27.2. The largest absolute Gasteiger partial charge is 0.444 e. The van der Waals surface area contributed by atoms with Crippen LogP contribution in [0.25, 0.3) is 0 Å². The van der Waals surface area contributed by atoms with Gasteiger partial charge in [-0.25, -0.2) is 4.98 Å². The van der Waals surface area contributed by atoms with Gasteiger partial charge in [0.1, 0.15) is 11.8 Å². The van der Waals surface area contributed by atoms with Crippen LogP contribution in [0.15, 0.2) is 9.41 Å². The molecule has 32 heavy (non-hydrogen) atoms. The van der Waals surface area contributed by atoms with Gasteiger partial charge in [0, 0.05) is 39.8 Å². The van der Waals surface area contributed by atoms with Crippen molar-refractivity contribution >= 4 is 29.9 Å². The lowest BCUT2D eigenvalue weighted by molar-refractivity contribution is -0.181. The maximum atomic E-state index is 12.9. The van der Waals surface area contributed by atoms with Crippen molar-refractivity contribution in [1.82, 2.24) is 25.0 Å². The Balaban J connectivity index is 0.00000363.